The first kappa shape index (κ1) is 43.0. The highest BCUT2D eigenvalue weighted by Crippen LogP contribution is 2.47. The van der Waals surface area contributed by atoms with Gasteiger partial charge in [0.1, 0.15) is 6.79 Å². The topological polar surface area (TPSA) is 191 Å². The Morgan fingerprint density at radius 1 is 0.815 bits per heavy atom. The van der Waals surface area contributed by atoms with Crippen molar-refractivity contribution in [3.05, 3.63) is 41.0 Å². The van der Waals surface area contributed by atoms with Crippen LogP contribution in [0.25, 0.3) is 0 Å². The van der Waals surface area contributed by atoms with E-state index in [2.05, 4.69) is 5.32 Å². The first-order chi connectivity index (χ1) is 26.2. The van der Waals surface area contributed by atoms with Crippen molar-refractivity contribution in [2.24, 2.45) is 11.8 Å². The van der Waals surface area contributed by atoms with Gasteiger partial charge in [-0.05, 0) is 124 Å². The molecule has 12 nitrogen and oxygen atoms in total. The third-order valence-corrected chi connectivity index (χ3v) is 14.2. The molecule has 0 unspecified atom stereocenters. The molecule has 2 fully saturated rings. The Kier molecular flexibility index (Phi) is 17.5. The van der Waals surface area contributed by atoms with Crippen LogP contribution in [0.2, 0.25) is 0 Å². The molecule has 0 radical (unpaired) electrons. The summed E-state index contributed by atoms with van der Waals surface area (Å²) < 4.78 is 22.7. The summed E-state index contributed by atoms with van der Waals surface area (Å²) in [6, 6.07) is 7.45. The third kappa shape index (κ3) is 12.2. The number of aliphatic hydroxyl groups excluding tert-OH is 5. The summed E-state index contributed by atoms with van der Waals surface area (Å²) in [5, 5.41) is 77.8. The predicted octanol–water partition coefficient (Wildman–Crippen LogP) is 5.35. The normalized spacial score (nSPS) is 27.6. The van der Waals surface area contributed by atoms with Gasteiger partial charge in [0.05, 0.1) is 31.5 Å². The molecule has 8 N–H and O–H groups in total. The lowest BCUT2D eigenvalue weighted by atomic mass is 9.85. The van der Waals surface area contributed by atoms with Gasteiger partial charge >= 0.3 is 0 Å². The van der Waals surface area contributed by atoms with E-state index in [-0.39, 0.29) is 59.6 Å². The van der Waals surface area contributed by atoms with Crippen LogP contribution >= 0.6 is 21.6 Å². The Morgan fingerprint density at radius 2 is 1.57 bits per heavy atom. The SMILES string of the molecule is COc1cc(C[C@H]2[C@H](O)C[C@@H](OCO)CCc3cc(OC4CCC(CNC5CCCCC5)CC4)c(O)cc3[C@H](CCO)SSC[C@@H]2O)cc(OCO)c1O. The second-order valence-corrected chi connectivity index (χ2v) is 17.6. The van der Waals surface area contributed by atoms with Crippen molar-refractivity contribution in [1.29, 1.82) is 0 Å². The number of aliphatic hydroxyl groups is 5. The number of methoxy groups -OCH3 is 1. The fourth-order valence-electron chi connectivity index (χ4n) is 8.22. The lowest BCUT2D eigenvalue weighted by molar-refractivity contribution is -0.0808. The quantitative estimate of drug-likeness (QED) is 0.0902. The molecule has 54 heavy (non-hydrogen) atoms. The molecule has 5 rings (SSSR count). The van der Waals surface area contributed by atoms with Gasteiger partial charge in [0.25, 0.3) is 0 Å². The second-order valence-electron chi connectivity index (χ2n) is 15.0. The van der Waals surface area contributed by atoms with Crippen LogP contribution in [0, 0.1) is 11.8 Å². The molecule has 0 aromatic heterocycles. The number of hydrogen-bond donors (Lipinski definition) is 8. The van der Waals surface area contributed by atoms with Gasteiger partial charge in [-0.25, -0.2) is 0 Å². The van der Waals surface area contributed by atoms with Crippen LogP contribution in [0.4, 0.5) is 0 Å². The van der Waals surface area contributed by atoms with Crippen LogP contribution in [0.3, 0.4) is 0 Å². The number of phenolic OH excluding ortho intramolecular Hbond substituents is 2. The molecule has 3 aliphatic rings. The molecule has 2 aromatic rings. The van der Waals surface area contributed by atoms with Gasteiger partial charge in [-0.15, -0.1) is 0 Å². The lowest BCUT2D eigenvalue weighted by Crippen LogP contribution is -2.38. The maximum absolute atomic E-state index is 11.6. The van der Waals surface area contributed by atoms with Crippen LogP contribution < -0.4 is 19.5 Å². The van der Waals surface area contributed by atoms with Crippen LogP contribution in [-0.4, -0.2) is 106 Å². The number of fused-ring (bicyclic) bond motifs is 1. The van der Waals surface area contributed by atoms with Gasteiger partial charge in [0.15, 0.2) is 29.8 Å². The fraction of sp³-hybridized carbons (Fsp3) is 0.700. The zero-order valence-corrected chi connectivity index (χ0v) is 33.1. The third-order valence-electron chi connectivity index (χ3n) is 11.3. The van der Waals surface area contributed by atoms with Crippen molar-refractivity contribution < 1.29 is 54.7 Å². The first-order valence-corrected chi connectivity index (χ1v) is 22.0. The van der Waals surface area contributed by atoms with Crippen molar-refractivity contribution in [2.75, 3.05) is 39.6 Å². The van der Waals surface area contributed by atoms with Gasteiger partial charge in [-0.1, -0.05) is 40.9 Å². The summed E-state index contributed by atoms with van der Waals surface area (Å²) in [5.74, 6) is 0.561. The van der Waals surface area contributed by atoms with E-state index in [1.165, 1.54) is 60.8 Å². The van der Waals surface area contributed by atoms with E-state index in [0.29, 0.717) is 42.5 Å². The largest absolute Gasteiger partial charge is 0.504 e. The highest BCUT2D eigenvalue weighted by atomic mass is 33.1. The Morgan fingerprint density at radius 3 is 2.28 bits per heavy atom. The molecule has 0 bridgehead atoms. The zero-order chi connectivity index (χ0) is 38.5. The molecule has 304 valence electrons. The zero-order valence-electron chi connectivity index (χ0n) is 31.4. The summed E-state index contributed by atoms with van der Waals surface area (Å²) in [4.78, 5) is 0. The predicted molar refractivity (Wildman–Crippen MR) is 210 cm³/mol. The minimum Gasteiger partial charge on any atom is -0.504 e. The number of hydrogen-bond acceptors (Lipinski definition) is 14. The van der Waals surface area contributed by atoms with Crippen molar-refractivity contribution in [3.63, 3.8) is 0 Å². The molecule has 0 spiro atoms. The Balaban J connectivity index is 1.31. The molecule has 2 aromatic carbocycles. The lowest BCUT2D eigenvalue weighted by Gasteiger charge is -2.31. The van der Waals surface area contributed by atoms with Crippen LogP contribution in [0.5, 0.6) is 28.7 Å². The van der Waals surface area contributed by atoms with Crippen molar-refractivity contribution in [2.45, 2.75) is 126 Å². The molecule has 0 amide bonds. The van der Waals surface area contributed by atoms with Crippen LogP contribution in [-0.2, 0) is 17.6 Å². The standard InChI is InChI=1S/C40H61NO11S2/c1-49-37-16-26(17-38(40(37)48)51-24-44)15-32-33(45)19-30(50-23-43)12-9-27-18-36(34(46)20-31(27)39(13-14-42)54-53-22-35(32)47)52-29-10-7-25(8-11-29)21-41-28-5-3-2-4-6-28/h16-18,20,25,28-30,32-33,35,39,41-48H,2-15,19,21-24H2,1H3/t25?,29?,30-,32-,33+,35-,39-/m0/s1. The summed E-state index contributed by atoms with van der Waals surface area (Å²) in [5.41, 5.74) is 2.41. The molecule has 2 saturated carbocycles. The maximum atomic E-state index is 11.6. The van der Waals surface area contributed by atoms with E-state index in [1.54, 1.807) is 18.2 Å². The second kappa shape index (κ2) is 22.0. The highest BCUT2D eigenvalue weighted by molar-refractivity contribution is 8.76. The fourth-order valence-corrected chi connectivity index (χ4v) is 11.1. The van der Waals surface area contributed by atoms with E-state index in [4.69, 9.17) is 18.9 Å². The van der Waals surface area contributed by atoms with E-state index >= 15 is 0 Å². The number of aromatic hydroxyl groups is 2. The monoisotopic (exact) mass is 795 g/mol. The molecule has 1 aliphatic heterocycles. The van der Waals surface area contributed by atoms with Crippen molar-refractivity contribution in [3.8, 4) is 28.7 Å². The number of nitrogens with one attached hydrogen (secondary N) is 1. The number of phenols is 2. The Bertz CT molecular complexity index is 1420. The number of rotatable bonds is 14. The Labute approximate surface area is 327 Å². The summed E-state index contributed by atoms with van der Waals surface area (Å²) in [6.45, 7) is -0.226. The van der Waals surface area contributed by atoms with Crippen LogP contribution in [0.15, 0.2) is 24.3 Å². The summed E-state index contributed by atoms with van der Waals surface area (Å²) in [6.07, 6.45) is 9.66. The maximum Gasteiger partial charge on any atom is 0.200 e. The number of ether oxygens (including phenoxy) is 4. The average Bonchev–Trinajstić information content (AvgIpc) is 3.18. The van der Waals surface area contributed by atoms with Gasteiger partial charge in [-0.2, -0.15) is 0 Å². The van der Waals surface area contributed by atoms with Crippen molar-refractivity contribution >= 4 is 21.6 Å². The molecular formula is C40H61NO11S2. The van der Waals surface area contributed by atoms with Gasteiger partial charge in [0.2, 0.25) is 5.75 Å². The van der Waals surface area contributed by atoms with Gasteiger partial charge in [0, 0.05) is 29.6 Å². The molecule has 1 heterocycles. The van der Waals surface area contributed by atoms with Gasteiger partial charge in [-0.3, -0.25) is 0 Å². The Hall–Kier alpha value is -2.14. The van der Waals surface area contributed by atoms with Gasteiger partial charge < -0.3 is 60.0 Å². The van der Waals surface area contributed by atoms with E-state index in [1.807, 2.05) is 6.07 Å². The number of benzene rings is 2. The summed E-state index contributed by atoms with van der Waals surface area (Å²) in [7, 11) is 4.32. The minimum absolute atomic E-state index is 0.00618. The smallest absolute Gasteiger partial charge is 0.200 e. The van der Waals surface area contributed by atoms with E-state index in [9.17, 15) is 35.7 Å². The number of aryl methyl sites for hydroxylation is 1. The van der Waals surface area contributed by atoms with E-state index in [0.717, 1.165) is 43.4 Å². The van der Waals surface area contributed by atoms with Crippen molar-refractivity contribution in [1.82, 2.24) is 5.32 Å². The highest BCUT2D eigenvalue weighted by Gasteiger charge is 2.33. The molecule has 14 heteroatoms. The molecule has 5 atom stereocenters. The van der Waals surface area contributed by atoms with E-state index < -0.39 is 37.8 Å². The first-order valence-electron chi connectivity index (χ1n) is 19.6. The molecule has 0 saturated heterocycles. The molecule has 2 aliphatic carbocycles. The average molecular weight is 796 g/mol. The van der Waals surface area contributed by atoms with Crippen LogP contribution in [0.1, 0.15) is 99.0 Å². The minimum atomic E-state index is -1.04. The summed E-state index contributed by atoms with van der Waals surface area (Å²) >= 11 is 0. The molecular weight excluding hydrogens is 735 g/mol.